The average molecular weight is 352 g/mol. The number of fused-ring (bicyclic) bond motifs is 3. The Kier molecular flexibility index (Phi) is 5.81. The van der Waals surface area contributed by atoms with Crippen LogP contribution in [0.1, 0.15) is 36.3 Å². The highest BCUT2D eigenvalue weighted by Crippen LogP contribution is 2.44. The third kappa shape index (κ3) is 3.84. The Balaban J connectivity index is 1.61. The number of rotatable bonds is 8. The lowest BCUT2D eigenvalue weighted by Crippen LogP contribution is -2.33. The first kappa shape index (κ1) is 18.3. The summed E-state index contributed by atoms with van der Waals surface area (Å²) in [6.45, 7) is 0.272. The molecule has 4 N–H and O–H groups in total. The summed E-state index contributed by atoms with van der Waals surface area (Å²) in [5, 5.41) is 0. The zero-order valence-electron chi connectivity index (χ0n) is 14.6. The Morgan fingerprint density at radius 2 is 1.58 bits per heavy atom. The van der Waals surface area contributed by atoms with E-state index in [2.05, 4.69) is 24.3 Å². The van der Waals surface area contributed by atoms with Crippen LogP contribution in [0.5, 0.6) is 0 Å². The number of carbonyl (C=O) groups excluding carboxylic acids is 2. The van der Waals surface area contributed by atoms with E-state index < -0.39 is 18.1 Å². The number of nitrogens with two attached hydrogens (primary N) is 2. The topological polar surface area (TPSA) is 95.4 Å². The smallest absolute Gasteiger partial charge is 0.322 e. The van der Waals surface area contributed by atoms with Gasteiger partial charge in [0.25, 0.3) is 0 Å². The van der Waals surface area contributed by atoms with Crippen molar-refractivity contribution < 1.29 is 14.3 Å². The quantitative estimate of drug-likeness (QED) is 0.562. The van der Waals surface area contributed by atoms with E-state index in [1.807, 2.05) is 24.3 Å². The van der Waals surface area contributed by atoms with E-state index in [4.69, 9.17) is 16.2 Å². The fourth-order valence-electron chi connectivity index (χ4n) is 3.47. The van der Waals surface area contributed by atoms with Crippen molar-refractivity contribution >= 4 is 12.3 Å². The van der Waals surface area contributed by atoms with Crippen molar-refractivity contribution in [1.82, 2.24) is 0 Å². The summed E-state index contributed by atoms with van der Waals surface area (Å²) < 4.78 is 5.52. The van der Waals surface area contributed by atoms with E-state index in [0.29, 0.717) is 25.5 Å². The molecule has 0 heterocycles. The Bertz CT molecular complexity index is 745. The number of hydrogen-bond donors (Lipinski definition) is 2. The Morgan fingerprint density at radius 1 is 1.00 bits per heavy atom. The first-order chi connectivity index (χ1) is 12.6. The molecule has 5 heteroatoms. The Morgan fingerprint density at radius 3 is 2.15 bits per heavy atom. The van der Waals surface area contributed by atoms with Gasteiger partial charge in [-0.05, 0) is 41.5 Å². The second-order valence-electron chi connectivity index (χ2n) is 6.69. The van der Waals surface area contributed by atoms with Crippen molar-refractivity contribution in [3.63, 3.8) is 0 Å². The molecule has 2 atom stereocenters. The maximum absolute atomic E-state index is 12.2. The van der Waals surface area contributed by atoms with Gasteiger partial charge >= 0.3 is 5.97 Å². The van der Waals surface area contributed by atoms with E-state index in [-0.39, 0.29) is 12.5 Å². The molecular weight excluding hydrogens is 328 g/mol. The fourth-order valence-corrected chi connectivity index (χ4v) is 3.47. The van der Waals surface area contributed by atoms with Crippen LogP contribution in [-0.4, -0.2) is 30.9 Å². The molecule has 0 fully saturated rings. The number of hydrogen-bond acceptors (Lipinski definition) is 5. The predicted octanol–water partition coefficient (Wildman–Crippen LogP) is 2.37. The van der Waals surface area contributed by atoms with Gasteiger partial charge in [0, 0.05) is 5.92 Å². The second-order valence-corrected chi connectivity index (χ2v) is 6.69. The van der Waals surface area contributed by atoms with E-state index in [1.54, 1.807) is 0 Å². The van der Waals surface area contributed by atoms with Crippen LogP contribution < -0.4 is 11.5 Å². The third-order valence-corrected chi connectivity index (χ3v) is 4.88. The lowest BCUT2D eigenvalue weighted by atomic mass is 9.98. The van der Waals surface area contributed by atoms with Crippen molar-refractivity contribution in [1.29, 1.82) is 0 Å². The molecular formula is C21H24N2O3. The first-order valence-electron chi connectivity index (χ1n) is 8.93. The molecule has 3 rings (SSSR count). The molecule has 0 bridgehead atoms. The van der Waals surface area contributed by atoms with Gasteiger partial charge in [-0.25, -0.2) is 0 Å². The molecule has 1 aliphatic carbocycles. The average Bonchev–Trinajstić information content (AvgIpc) is 2.99. The molecule has 1 aliphatic rings. The normalized spacial score (nSPS) is 15.0. The zero-order valence-corrected chi connectivity index (χ0v) is 14.6. The lowest BCUT2D eigenvalue weighted by molar-refractivity contribution is -0.145. The summed E-state index contributed by atoms with van der Waals surface area (Å²) >= 11 is 0. The van der Waals surface area contributed by atoms with Crippen LogP contribution in [0.15, 0.2) is 48.5 Å². The van der Waals surface area contributed by atoms with Gasteiger partial charge in [-0.1, -0.05) is 48.5 Å². The largest absolute Gasteiger partial charge is 0.464 e. The van der Waals surface area contributed by atoms with Gasteiger partial charge in [-0.15, -0.1) is 0 Å². The lowest BCUT2D eigenvalue weighted by Gasteiger charge is -2.16. The molecule has 26 heavy (non-hydrogen) atoms. The molecule has 0 aliphatic heterocycles. The van der Waals surface area contributed by atoms with E-state index >= 15 is 0 Å². The zero-order chi connectivity index (χ0) is 18.5. The Hall–Kier alpha value is -2.50. The van der Waals surface area contributed by atoms with Crippen LogP contribution in [0.2, 0.25) is 0 Å². The number of esters is 1. The highest BCUT2D eigenvalue weighted by molar-refractivity contribution is 5.79. The maximum atomic E-state index is 12.2. The maximum Gasteiger partial charge on any atom is 0.322 e. The first-order valence-corrected chi connectivity index (χ1v) is 8.93. The number of aldehydes is 1. The third-order valence-electron chi connectivity index (χ3n) is 4.88. The van der Waals surface area contributed by atoms with Crippen LogP contribution in [0, 0.1) is 0 Å². The van der Waals surface area contributed by atoms with E-state index in [9.17, 15) is 9.59 Å². The van der Waals surface area contributed by atoms with Gasteiger partial charge in [-0.2, -0.15) is 0 Å². The van der Waals surface area contributed by atoms with E-state index in [0.717, 1.165) is 0 Å². The van der Waals surface area contributed by atoms with Gasteiger partial charge in [0.1, 0.15) is 18.9 Å². The molecule has 0 aromatic heterocycles. The predicted molar refractivity (Wildman–Crippen MR) is 101 cm³/mol. The van der Waals surface area contributed by atoms with Crippen LogP contribution in [-0.2, 0) is 14.3 Å². The number of carbonyl (C=O) groups is 2. The SMILES string of the molecule is NC(CCC[C@H](N)C=O)C(=O)OCC1c2ccccc2-c2ccccc21. The summed E-state index contributed by atoms with van der Waals surface area (Å²) in [5.41, 5.74) is 16.2. The Labute approximate surface area is 153 Å². The minimum absolute atomic E-state index is 0.0297. The monoisotopic (exact) mass is 352 g/mol. The molecule has 136 valence electrons. The van der Waals surface area contributed by atoms with Gasteiger partial charge in [0.15, 0.2) is 0 Å². The highest BCUT2D eigenvalue weighted by Gasteiger charge is 2.29. The second kappa shape index (κ2) is 8.25. The minimum Gasteiger partial charge on any atom is -0.464 e. The standard InChI is InChI=1S/C21H24N2O3/c22-14(12-24)6-5-11-20(23)21(25)26-13-19-17-9-3-1-7-15(17)16-8-2-4-10-18(16)19/h1-4,7-10,12,14,19-20H,5-6,11,13,22-23H2/t14-,20?/m0/s1. The van der Waals surface area contributed by atoms with Crippen LogP contribution in [0.3, 0.4) is 0 Å². The molecule has 0 amide bonds. The van der Waals surface area contributed by atoms with Gasteiger partial charge < -0.3 is 21.0 Å². The summed E-state index contributed by atoms with van der Waals surface area (Å²) in [7, 11) is 0. The van der Waals surface area contributed by atoms with Crippen LogP contribution in [0.25, 0.3) is 11.1 Å². The van der Waals surface area contributed by atoms with Crippen molar-refractivity contribution in [2.75, 3.05) is 6.61 Å². The molecule has 0 saturated heterocycles. The van der Waals surface area contributed by atoms with Crippen molar-refractivity contribution in [3.05, 3.63) is 59.7 Å². The molecule has 1 unspecified atom stereocenters. The summed E-state index contributed by atoms with van der Waals surface area (Å²) in [4.78, 5) is 22.7. The van der Waals surface area contributed by atoms with Gasteiger partial charge in [-0.3, -0.25) is 4.79 Å². The molecule has 0 saturated carbocycles. The molecule has 0 radical (unpaired) electrons. The van der Waals surface area contributed by atoms with Crippen LogP contribution >= 0.6 is 0 Å². The van der Waals surface area contributed by atoms with E-state index in [1.165, 1.54) is 22.3 Å². The molecule has 0 spiro atoms. The van der Waals surface area contributed by atoms with Crippen molar-refractivity contribution in [2.24, 2.45) is 11.5 Å². The molecule has 2 aromatic rings. The van der Waals surface area contributed by atoms with Gasteiger partial charge in [0.2, 0.25) is 0 Å². The number of benzene rings is 2. The molecule has 2 aromatic carbocycles. The number of ether oxygens (including phenoxy) is 1. The summed E-state index contributed by atoms with van der Waals surface area (Å²) in [5.74, 6) is -0.381. The minimum atomic E-state index is -0.694. The highest BCUT2D eigenvalue weighted by atomic mass is 16.5. The fraction of sp³-hybridized carbons (Fsp3) is 0.333. The summed E-state index contributed by atoms with van der Waals surface area (Å²) in [6.07, 6.45) is 2.30. The van der Waals surface area contributed by atoms with Crippen LogP contribution in [0.4, 0.5) is 0 Å². The molecule has 5 nitrogen and oxygen atoms in total. The van der Waals surface area contributed by atoms with Crippen molar-refractivity contribution in [3.8, 4) is 11.1 Å². The van der Waals surface area contributed by atoms with Crippen molar-refractivity contribution in [2.45, 2.75) is 37.3 Å². The summed E-state index contributed by atoms with van der Waals surface area (Å²) in [6, 6.07) is 15.2. The van der Waals surface area contributed by atoms with Gasteiger partial charge in [0.05, 0.1) is 6.04 Å².